The summed E-state index contributed by atoms with van der Waals surface area (Å²) in [7, 11) is 0. The van der Waals surface area contributed by atoms with Crippen LogP contribution in [0.25, 0.3) is 77.2 Å². The lowest BCUT2D eigenvalue weighted by molar-refractivity contribution is 0.486. The molecule has 0 N–H and O–H groups in total. The first-order valence-electron chi connectivity index (χ1n) is 27.4. The number of benzene rings is 10. The van der Waals surface area contributed by atoms with Crippen molar-refractivity contribution in [2.75, 3.05) is 4.90 Å². The van der Waals surface area contributed by atoms with Gasteiger partial charge in [-0.25, -0.2) is 0 Å². The molecule has 76 heavy (non-hydrogen) atoms. The van der Waals surface area contributed by atoms with Crippen molar-refractivity contribution < 1.29 is 4.74 Å². The van der Waals surface area contributed by atoms with Crippen molar-refractivity contribution in [2.24, 2.45) is 5.92 Å². The number of ether oxygens (including phenoxy) is 1. The summed E-state index contributed by atoms with van der Waals surface area (Å²) in [6.45, 7) is 11.6. The number of rotatable bonds is 10. The van der Waals surface area contributed by atoms with Gasteiger partial charge in [0.1, 0.15) is 11.5 Å². The summed E-state index contributed by atoms with van der Waals surface area (Å²) in [6.07, 6.45) is 4.45. The molecule has 4 nitrogen and oxygen atoms in total. The summed E-state index contributed by atoms with van der Waals surface area (Å²) in [6, 6.07) is 81.6. The SMILES string of the molecule is CC(C)CCCCc1cc2c3c(c1)N(c1c(-c4ccccc4)cc(C(C)(C)C)cc1-c1ccccc1)c1cc(-n4c5ccccc5c5ccccc54)ccc1B3c1ccc(-n3c4ccccc4c4ccccc43)cc1O2. The van der Waals surface area contributed by atoms with Crippen molar-refractivity contribution in [3.8, 4) is 45.1 Å². The van der Waals surface area contributed by atoms with Gasteiger partial charge in [0.2, 0.25) is 0 Å². The van der Waals surface area contributed by atoms with Gasteiger partial charge in [-0.15, -0.1) is 0 Å². The van der Waals surface area contributed by atoms with E-state index in [9.17, 15) is 0 Å². The fourth-order valence-electron chi connectivity index (χ4n) is 12.7. The lowest BCUT2D eigenvalue weighted by atomic mass is 9.34. The number of hydrogen-bond acceptors (Lipinski definition) is 2. The van der Waals surface area contributed by atoms with Gasteiger partial charge >= 0.3 is 0 Å². The predicted octanol–water partition coefficient (Wildman–Crippen LogP) is 17.3. The standard InChI is InChI=1S/C71H60BN3O/c1-46(2)22-12-13-23-47-40-66-69-68(41-47)76-67-45-52(74-63-34-20-16-30-55(63)56-31-17-21-35-64(56)74)37-39-60(67)72(69)59-38-36-51(73-61-32-18-14-28-53(61)54-29-15-19-33-62(54)73)44-65(59)75(66)70-57(48-24-8-6-9-25-48)42-50(71(3,4)5)43-58(70)49-26-10-7-11-27-49/h6-11,14-21,24-46H,12-13,22-23H2,1-5H3. The maximum atomic E-state index is 7.50. The Morgan fingerprint density at radius 2 is 0.947 bits per heavy atom. The number of para-hydroxylation sites is 4. The van der Waals surface area contributed by atoms with Crippen molar-refractivity contribution in [3.05, 3.63) is 230 Å². The zero-order valence-corrected chi connectivity index (χ0v) is 44.0. The van der Waals surface area contributed by atoms with E-state index in [2.05, 4.69) is 267 Å². The molecule has 2 aliphatic heterocycles. The minimum absolute atomic E-state index is 0.108. The molecule has 12 aromatic rings. The van der Waals surface area contributed by atoms with Crippen molar-refractivity contribution in [1.82, 2.24) is 9.13 Å². The second kappa shape index (κ2) is 18.1. The largest absolute Gasteiger partial charge is 0.458 e. The lowest BCUT2D eigenvalue weighted by Gasteiger charge is -2.42. The summed E-state index contributed by atoms with van der Waals surface area (Å²) in [5, 5.41) is 4.99. The highest BCUT2D eigenvalue weighted by Gasteiger charge is 2.44. The Labute approximate surface area is 446 Å². The highest BCUT2D eigenvalue weighted by atomic mass is 16.5. The van der Waals surface area contributed by atoms with E-state index in [0.717, 1.165) is 47.1 Å². The molecule has 0 saturated heterocycles. The molecule has 0 radical (unpaired) electrons. The molecular weight excluding hydrogens is 922 g/mol. The van der Waals surface area contributed by atoms with E-state index in [4.69, 9.17) is 4.74 Å². The molecule has 368 valence electrons. The smallest absolute Gasteiger partial charge is 0.256 e. The second-order valence-corrected chi connectivity index (χ2v) is 22.6. The fraction of sp³-hybridized carbons (Fsp3) is 0.155. The Bertz CT molecular complexity index is 4070. The zero-order chi connectivity index (χ0) is 51.2. The summed E-state index contributed by atoms with van der Waals surface area (Å²) >= 11 is 0. The third-order valence-corrected chi connectivity index (χ3v) is 16.3. The summed E-state index contributed by atoms with van der Waals surface area (Å²) in [5.41, 5.74) is 21.3. The maximum Gasteiger partial charge on any atom is 0.256 e. The topological polar surface area (TPSA) is 22.3 Å². The third-order valence-electron chi connectivity index (χ3n) is 16.3. The molecule has 0 atom stereocenters. The van der Waals surface area contributed by atoms with E-state index in [-0.39, 0.29) is 12.1 Å². The average Bonchev–Trinajstić information content (AvgIpc) is 4.06. The van der Waals surface area contributed by atoms with Crippen LogP contribution in [0.15, 0.2) is 218 Å². The minimum atomic E-state index is -0.120. The van der Waals surface area contributed by atoms with Crippen molar-refractivity contribution in [2.45, 2.75) is 65.7 Å². The van der Waals surface area contributed by atoms with E-state index in [0.29, 0.717) is 5.92 Å². The number of unbranched alkanes of at least 4 members (excludes halogenated alkanes) is 1. The van der Waals surface area contributed by atoms with Crippen LogP contribution in [0.5, 0.6) is 11.5 Å². The lowest BCUT2D eigenvalue weighted by Crippen LogP contribution is -2.59. The van der Waals surface area contributed by atoms with Gasteiger partial charge in [0.25, 0.3) is 6.71 Å². The van der Waals surface area contributed by atoms with E-state index in [1.165, 1.54) is 112 Å². The summed E-state index contributed by atoms with van der Waals surface area (Å²) in [4.78, 5) is 2.65. The van der Waals surface area contributed by atoms with Gasteiger partial charge in [-0.3, -0.25) is 0 Å². The number of nitrogens with zero attached hydrogens (tertiary/aromatic N) is 3. The Balaban J connectivity index is 1.08. The monoisotopic (exact) mass is 981 g/mol. The predicted molar refractivity (Wildman–Crippen MR) is 323 cm³/mol. The van der Waals surface area contributed by atoms with Crippen LogP contribution in [0.3, 0.4) is 0 Å². The molecule has 0 aliphatic carbocycles. The summed E-state index contributed by atoms with van der Waals surface area (Å²) in [5.74, 6) is 2.49. The Kier molecular flexibility index (Phi) is 11.0. The minimum Gasteiger partial charge on any atom is -0.458 e. The normalized spacial score (nSPS) is 12.9. The molecule has 2 aliphatic rings. The van der Waals surface area contributed by atoms with Crippen molar-refractivity contribution in [1.29, 1.82) is 0 Å². The second-order valence-electron chi connectivity index (χ2n) is 22.6. The van der Waals surface area contributed by atoms with E-state index < -0.39 is 0 Å². The van der Waals surface area contributed by atoms with Gasteiger partial charge in [0.05, 0.1) is 27.8 Å². The quantitative estimate of drug-likeness (QED) is 0.101. The zero-order valence-electron chi connectivity index (χ0n) is 44.0. The molecule has 0 bridgehead atoms. The molecule has 0 fully saturated rings. The van der Waals surface area contributed by atoms with Crippen LogP contribution < -0.4 is 26.0 Å². The van der Waals surface area contributed by atoms with Gasteiger partial charge < -0.3 is 18.8 Å². The third kappa shape index (κ3) is 7.50. The van der Waals surface area contributed by atoms with Crippen LogP contribution >= 0.6 is 0 Å². The van der Waals surface area contributed by atoms with E-state index in [1.807, 2.05) is 0 Å². The summed E-state index contributed by atoms with van der Waals surface area (Å²) < 4.78 is 12.4. The van der Waals surface area contributed by atoms with Crippen LogP contribution in [0.4, 0.5) is 17.1 Å². The molecule has 2 aromatic heterocycles. The first kappa shape index (κ1) is 46.0. The van der Waals surface area contributed by atoms with Gasteiger partial charge in [-0.05, 0) is 130 Å². The molecule has 4 heterocycles. The van der Waals surface area contributed by atoms with Gasteiger partial charge in [-0.1, -0.05) is 193 Å². The number of fused-ring (bicyclic) bond motifs is 10. The molecule has 14 rings (SSSR count). The molecule has 0 amide bonds. The molecule has 0 spiro atoms. The molecule has 10 aromatic carbocycles. The number of anilines is 3. The van der Waals surface area contributed by atoms with Gasteiger partial charge in [-0.2, -0.15) is 0 Å². The Morgan fingerprint density at radius 1 is 0.461 bits per heavy atom. The van der Waals surface area contributed by atoms with Gasteiger partial charge in [0.15, 0.2) is 0 Å². The van der Waals surface area contributed by atoms with Gasteiger partial charge in [0, 0.05) is 61.5 Å². The van der Waals surface area contributed by atoms with Crippen LogP contribution in [-0.4, -0.2) is 15.8 Å². The Morgan fingerprint density at radius 3 is 1.46 bits per heavy atom. The highest BCUT2D eigenvalue weighted by molar-refractivity contribution is 6.99. The first-order valence-corrected chi connectivity index (χ1v) is 27.4. The van der Waals surface area contributed by atoms with Crippen LogP contribution in [0.1, 0.15) is 65.0 Å². The van der Waals surface area contributed by atoms with Crippen molar-refractivity contribution in [3.63, 3.8) is 0 Å². The molecular formula is C71H60BN3O. The average molecular weight is 982 g/mol. The van der Waals surface area contributed by atoms with Crippen LogP contribution in [0.2, 0.25) is 0 Å². The molecule has 0 saturated carbocycles. The fourth-order valence-corrected chi connectivity index (χ4v) is 12.7. The highest BCUT2D eigenvalue weighted by Crippen LogP contribution is 2.51. The first-order chi connectivity index (χ1) is 37.2. The van der Waals surface area contributed by atoms with Crippen LogP contribution in [0, 0.1) is 5.92 Å². The van der Waals surface area contributed by atoms with Crippen molar-refractivity contribution >= 4 is 83.8 Å². The van der Waals surface area contributed by atoms with E-state index in [1.54, 1.807) is 0 Å². The van der Waals surface area contributed by atoms with E-state index >= 15 is 0 Å². The maximum absolute atomic E-state index is 7.50. The molecule has 0 unspecified atom stereocenters. The number of aromatic nitrogens is 2. The number of hydrogen-bond donors (Lipinski definition) is 0. The molecule has 5 heteroatoms. The van der Waals surface area contributed by atoms with Crippen LogP contribution in [-0.2, 0) is 11.8 Å². The Hall–Kier alpha value is -8.54. The number of aryl methyl sites for hydroxylation is 1.